The molecule has 6 aliphatic heterocycles. The summed E-state index contributed by atoms with van der Waals surface area (Å²) in [4.78, 5) is 17.9. The Balaban J connectivity index is 0.000000117. The minimum absolute atomic E-state index is 0.0339. The summed E-state index contributed by atoms with van der Waals surface area (Å²) in [5.74, 6) is 3.25. The third-order valence-electron chi connectivity index (χ3n) is 15.8. The van der Waals surface area contributed by atoms with Gasteiger partial charge in [0, 0.05) is 49.8 Å². The second-order valence-electron chi connectivity index (χ2n) is 17.3. The van der Waals surface area contributed by atoms with Crippen molar-refractivity contribution in [2.45, 2.75) is 125 Å². The molecule has 10 aliphatic rings. The van der Waals surface area contributed by atoms with Crippen LogP contribution in [0.4, 0.5) is 0 Å². The number of hydrogen-bond donors (Lipinski definition) is 0. The van der Waals surface area contributed by atoms with Crippen molar-refractivity contribution in [1.29, 1.82) is 0 Å². The van der Waals surface area contributed by atoms with Crippen LogP contribution in [0.5, 0.6) is 11.5 Å². The fraction of sp³-hybridized carbons (Fsp3) is 0.675. The van der Waals surface area contributed by atoms with E-state index in [9.17, 15) is 4.79 Å². The van der Waals surface area contributed by atoms with E-state index >= 15 is 0 Å². The van der Waals surface area contributed by atoms with E-state index in [4.69, 9.17) is 23.7 Å². The lowest BCUT2D eigenvalue weighted by Gasteiger charge is -2.65. The van der Waals surface area contributed by atoms with E-state index in [-0.39, 0.29) is 45.6 Å². The molecule has 6 fully saturated rings. The summed E-state index contributed by atoms with van der Waals surface area (Å²) in [5, 5.41) is 0. The molecule has 12 rings (SSSR count). The Morgan fingerprint density at radius 3 is 1.96 bits per heavy atom. The number of ether oxygens (including phenoxy) is 5. The van der Waals surface area contributed by atoms with Gasteiger partial charge in [-0.1, -0.05) is 38.1 Å². The van der Waals surface area contributed by atoms with Gasteiger partial charge in [-0.25, -0.2) is 0 Å². The van der Waals surface area contributed by atoms with Crippen LogP contribution in [0.2, 0.25) is 0 Å². The van der Waals surface area contributed by atoms with Crippen LogP contribution in [-0.4, -0.2) is 90.3 Å². The average Bonchev–Trinajstić information content (AvgIpc) is 3.79. The van der Waals surface area contributed by atoms with Crippen molar-refractivity contribution in [3.63, 3.8) is 0 Å². The van der Waals surface area contributed by atoms with Crippen molar-refractivity contribution in [3.05, 3.63) is 57.6 Å². The first-order valence-corrected chi connectivity index (χ1v) is 18.5. The van der Waals surface area contributed by atoms with E-state index in [1.807, 2.05) is 7.11 Å². The van der Waals surface area contributed by atoms with Crippen LogP contribution in [0.3, 0.4) is 0 Å². The number of methoxy groups -OCH3 is 1. The first kappa shape index (κ1) is 29.3. The number of rotatable bonds is 1. The number of aryl methyl sites for hydroxylation is 2. The van der Waals surface area contributed by atoms with Crippen molar-refractivity contribution in [2.24, 2.45) is 11.8 Å². The Kier molecular flexibility index (Phi) is 5.40. The van der Waals surface area contributed by atoms with Gasteiger partial charge in [0.05, 0.1) is 16.4 Å². The molecular weight excluding hydrogens is 604 g/mol. The number of piperidine rings is 2. The van der Waals surface area contributed by atoms with Crippen molar-refractivity contribution in [3.8, 4) is 11.5 Å². The maximum Gasteiger partial charge on any atom is 0.174 e. The summed E-state index contributed by atoms with van der Waals surface area (Å²) in [6, 6.07) is 9.89. The molecule has 13 atom stereocenters. The fourth-order valence-corrected chi connectivity index (χ4v) is 13.9. The number of carbonyl (C=O) groups excluding carboxylic acids is 1. The molecule has 0 aromatic heterocycles. The number of nitrogens with zero attached hydrogens (tertiary/aromatic N) is 2. The predicted molar refractivity (Wildman–Crippen MR) is 178 cm³/mol. The first-order valence-electron chi connectivity index (χ1n) is 18.5. The SMILES string of the molecule is COC1(C)CC[C@]23OCN4CC(C)[C@@]25c2c(ccc(C)c2O[C@@H]15)C[C@@H]43.Cc1ccc2c3c1O[C@H]1C(=O)CC[C@]45OCN(CC(C)[C@]314)[C@@H]5C2. The largest absolute Gasteiger partial charge is 0.486 e. The molecule has 8 heteroatoms. The molecule has 0 radical (unpaired) electrons. The standard InChI is InChI=1S/C21H27NO3.C19H21NO3/c1-12-5-6-14-9-15-20-8-7-19(3,23-4)18-21(20,16(14)17(12)25-18)13(2)10-22(15)11-24-20;1-10-3-4-12-7-14-18-6-5-13(21)17-19(18,15(12)16(10)23-17)11(2)8-20(14)9-22-18/h5-6,13,15,18H,7-11H2,1-4H3;3-4,11,14,17H,5-9H2,1-2H3/t13?,15-,18+,19?,20-,21+;11?,14-,17+,18-,19+/m11/s1. The van der Waals surface area contributed by atoms with Crippen LogP contribution in [0, 0.1) is 25.7 Å². The Morgan fingerprint density at radius 1 is 0.771 bits per heavy atom. The molecule has 48 heavy (non-hydrogen) atoms. The highest BCUT2D eigenvalue weighted by atomic mass is 16.6. The first-order chi connectivity index (χ1) is 23.1. The quantitative estimate of drug-likeness (QED) is 0.437. The normalized spacial score (nSPS) is 49.8. The molecular formula is C40H48N2O6. The van der Waals surface area contributed by atoms with Crippen molar-refractivity contribution in [2.75, 3.05) is 33.7 Å². The van der Waals surface area contributed by atoms with Gasteiger partial charge in [0.25, 0.3) is 0 Å². The second-order valence-corrected chi connectivity index (χ2v) is 17.3. The average molecular weight is 653 g/mol. The zero-order valence-corrected chi connectivity index (χ0v) is 29.2. The minimum atomic E-state index is -0.343. The van der Waals surface area contributed by atoms with E-state index in [1.165, 1.54) is 27.8 Å². The van der Waals surface area contributed by atoms with Crippen LogP contribution in [-0.2, 0) is 42.7 Å². The highest BCUT2D eigenvalue weighted by molar-refractivity contribution is 5.90. The van der Waals surface area contributed by atoms with E-state index in [0.717, 1.165) is 69.0 Å². The molecule has 6 heterocycles. The van der Waals surface area contributed by atoms with Crippen LogP contribution in [0.15, 0.2) is 24.3 Å². The Morgan fingerprint density at radius 2 is 1.33 bits per heavy atom. The van der Waals surface area contributed by atoms with Crippen molar-refractivity contribution >= 4 is 5.78 Å². The molecule has 4 spiro atoms. The third-order valence-corrected chi connectivity index (χ3v) is 15.8. The summed E-state index contributed by atoms with van der Waals surface area (Å²) < 4.78 is 32.6. The van der Waals surface area contributed by atoms with Gasteiger partial charge in [0.15, 0.2) is 11.9 Å². The number of benzene rings is 2. The lowest BCUT2D eigenvalue weighted by atomic mass is 9.44. The van der Waals surface area contributed by atoms with Gasteiger partial charge in [-0.3, -0.25) is 14.6 Å². The topological polar surface area (TPSA) is 69.7 Å². The molecule has 2 aromatic rings. The Bertz CT molecular complexity index is 1830. The van der Waals surface area contributed by atoms with Gasteiger partial charge in [-0.05, 0) is 87.0 Å². The van der Waals surface area contributed by atoms with Gasteiger partial charge in [-0.2, -0.15) is 0 Å². The maximum atomic E-state index is 12.9. The van der Waals surface area contributed by atoms with Crippen LogP contribution in [0.25, 0.3) is 0 Å². The molecule has 0 amide bonds. The fourth-order valence-electron chi connectivity index (χ4n) is 13.9. The van der Waals surface area contributed by atoms with Gasteiger partial charge in [0.2, 0.25) is 0 Å². The third kappa shape index (κ3) is 2.80. The minimum Gasteiger partial charge on any atom is -0.486 e. The Hall–Kier alpha value is -2.49. The number of ketones is 1. The van der Waals surface area contributed by atoms with Gasteiger partial charge >= 0.3 is 0 Å². The van der Waals surface area contributed by atoms with E-state index in [2.05, 4.69) is 68.7 Å². The van der Waals surface area contributed by atoms with Crippen molar-refractivity contribution < 1.29 is 28.5 Å². The lowest BCUT2D eigenvalue weighted by molar-refractivity contribution is -0.221. The number of hydrogen-bond acceptors (Lipinski definition) is 8. The Labute approximate surface area is 283 Å². The molecule has 8 bridgehead atoms. The zero-order chi connectivity index (χ0) is 32.7. The zero-order valence-electron chi connectivity index (χ0n) is 29.2. The summed E-state index contributed by atoms with van der Waals surface area (Å²) in [5.41, 5.74) is 7.09. The molecule has 0 N–H and O–H groups in total. The maximum absolute atomic E-state index is 12.9. The van der Waals surface area contributed by atoms with Crippen LogP contribution in [0.1, 0.15) is 79.8 Å². The van der Waals surface area contributed by atoms with E-state index < -0.39 is 0 Å². The number of Topliss-reactive ketones (excluding diaryl/α,β-unsaturated/α-hetero) is 1. The highest BCUT2D eigenvalue weighted by Gasteiger charge is 2.80. The van der Waals surface area contributed by atoms with E-state index in [1.54, 1.807) is 0 Å². The summed E-state index contributed by atoms with van der Waals surface area (Å²) in [6.07, 6.45) is 5.31. The van der Waals surface area contributed by atoms with Gasteiger partial charge in [-0.15, -0.1) is 0 Å². The van der Waals surface area contributed by atoms with E-state index in [0.29, 0.717) is 37.1 Å². The lowest BCUT2D eigenvalue weighted by Crippen LogP contribution is -2.78. The second kappa shape index (κ2) is 8.86. The molecule has 8 nitrogen and oxygen atoms in total. The monoisotopic (exact) mass is 652 g/mol. The molecule has 2 aromatic carbocycles. The molecule has 254 valence electrons. The van der Waals surface area contributed by atoms with Gasteiger partial charge in [0.1, 0.15) is 42.3 Å². The molecule has 4 saturated heterocycles. The van der Waals surface area contributed by atoms with Crippen molar-refractivity contribution in [1.82, 2.24) is 9.80 Å². The molecule has 2 saturated carbocycles. The summed E-state index contributed by atoms with van der Waals surface area (Å²) >= 11 is 0. The highest BCUT2D eigenvalue weighted by Crippen LogP contribution is 2.71. The number of carbonyl (C=O) groups is 1. The smallest absolute Gasteiger partial charge is 0.174 e. The van der Waals surface area contributed by atoms with Gasteiger partial charge < -0.3 is 23.7 Å². The summed E-state index contributed by atoms with van der Waals surface area (Å²) in [6.45, 7) is 14.8. The predicted octanol–water partition coefficient (Wildman–Crippen LogP) is 4.76. The van der Waals surface area contributed by atoms with Crippen LogP contribution >= 0.6 is 0 Å². The molecule has 5 unspecified atom stereocenters. The summed E-state index contributed by atoms with van der Waals surface area (Å²) in [7, 11) is 1.85. The van der Waals surface area contributed by atoms with Crippen LogP contribution < -0.4 is 9.47 Å². The molecule has 4 aliphatic carbocycles.